The molecule has 0 aliphatic heterocycles. The lowest BCUT2D eigenvalue weighted by molar-refractivity contribution is -0.116. The number of hydrogen-bond donors (Lipinski definition) is 2. The van der Waals surface area contributed by atoms with Gasteiger partial charge in [-0.1, -0.05) is 26.0 Å². The maximum Gasteiger partial charge on any atom is 0.414 e. The molecule has 0 atom stereocenters. The Labute approximate surface area is 129 Å². The van der Waals surface area contributed by atoms with Crippen molar-refractivity contribution in [2.24, 2.45) is 0 Å². The summed E-state index contributed by atoms with van der Waals surface area (Å²) >= 11 is 0. The number of nitriles is 1. The van der Waals surface area contributed by atoms with E-state index < -0.39 is 12.0 Å². The molecule has 2 amide bonds. The summed E-state index contributed by atoms with van der Waals surface area (Å²) in [5.74, 6) is -0.387. The molecule has 6 nitrogen and oxygen atoms in total. The molecule has 0 saturated carbocycles. The van der Waals surface area contributed by atoms with E-state index >= 15 is 0 Å². The first kappa shape index (κ1) is 17.2. The van der Waals surface area contributed by atoms with Crippen LogP contribution in [0.1, 0.15) is 32.3 Å². The number of ether oxygens (including phenoxy) is 1. The van der Waals surface area contributed by atoms with Crippen molar-refractivity contribution in [2.75, 3.05) is 11.9 Å². The number of carbonyl (C=O) groups is 2. The van der Waals surface area contributed by atoms with E-state index in [4.69, 9.17) is 5.26 Å². The molecule has 0 aromatic heterocycles. The van der Waals surface area contributed by atoms with Crippen LogP contribution < -0.4 is 10.6 Å². The molecule has 1 rings (SSSR count). The van der Waals surface area contributed by atoms with Crippen molar-refractivity contribution in [3.8, 4) is 6.07 Å². The van der Waals surface area contributed by atoms with Gasteiger partial charge in [0.15, 0.2) is 0 Å². The number of imide groups is 1. The minimum absolute atomic E-state index is 0.144. The average Bonchev–Trinajstić information content (AvgIpc) is 2.48. The molecule has 6 heteroatoms. The quantitative estimate of drug-likeness (QED) is 0.644. The van der Waals surface area contributed by atoms with Gasteiger partial charge in [-0.05, 0) is 30.5 Å². The van der Waals surface area contributed by atoms with E-state index in [0.717, 1.165) is 5.69 Å². The topological polar surface area (TPSA) is 91.2 Å². The Kier molecular flexibility index (Phi) is 6.64. The van der Waals surface area contributed by atoms with Gasteiger partial charge >= 0.3 is 6.09 Å². The van der Waals surface area contributed by atoms with Crippen LogP contribution in [0.4, 0.5) is 10.5 Å². The summed E-state index contributed by atoms with van der Waals surface area (Å²) in [6, 6.07) is 9.36. The molecule has 1 aromatic rings. The largest absolute Gasteiger partial charge is 0.450 e. The summed E-state index contributed by atoms with van der Waals surface area (Å²) in [4.78, 5) is 22.8. The van der Waals surface area contributed by atoms with Crippen molar-refractivity contribution in [1.82, 2.24) is 5.32 Å². The van der Waals surface area contributed by atoms with Gasteiger partial charge in [0.1, 0.15) is 11.6 Å². The Hall–Kier alpha value is -2.81. The Morgan fingerprint density at radius 1 is 1.32 bits per heavy atom. The van der Waals surface area contributed by atoms with Crippen LogP contribution in [0.2, 0.25) is 0 Å². The lowest BCUT2D eigenvalue weighted by Crippen LogP contribution is -2.32. The Morgan fingerprint density at radius 3 is 2.45 bits per heavy atom. The minimum atomic E-state index is -0.880. The van der Waals surface area contributed by atoms with Crippen molar-refractivity contribution in [3.63, 3.8) is 0 Å². The highest BCUT2D eigenvalue weighted by atomic mass is 16.5. The summed E-state index contributed by atoms with van der Waals surface area (Å²) < 4.78 is 4.58. The second kappa shape index (κ2) is 8.47. The van der Waals surface area contributed by atoms with Gasteiger partial charge in [0.2, 0.25) is 0 Å². The van der Waals surface area contributed by atoms with Crippen LogP contribution in [-0.4, -0.2) is 18.6 Å². The first-order valence-electron chi connectivity index (χ1n) is 6.92. The number of nitrogens with zero attached hydrogens (tertiary/aromatic N) is 1. The molecule has 0 unspecified atom stereocenters. The molecule has 0 heterocycles. The van der Waals surface area contributed by atoms with Crippen LogP contribution in [0.25, 0.3) is 0 Å². The summed E-state index contributed by atoms with van der Waals surface area (Å²) in [5, 5.41) is 13.8. The first-order valence-corrected chi connectivity index (χ1v) is 6.92. The maximum absolute atomic E-state index is 11.7. The Morgan fingerprint density at radius 2 is 1.95 bits per heavy atom. The molecule has 0 spiro atoms. The number of carbonyl (C=O) groups excluding carboxylic acids is 2. The predicted octanol–water partition coefficient (Wildman–Crippen LogP) is 2.90. The normalized spacial score (nSPS) is 10.8. The highest BCUT2D eigenvalue weighted by Gasteiger charge is 2.13. The monoisotopic (exact) mass is 301 g/mol. The van der Waals surface area contributed by atoms with Crippen molar-refractivity contribution in [3.05, 3.63) is 41.6 Å². The van der Waals surface area contributed by atoms with Crippen LogP contribution >= 0.6 is 0 Å². The van der Waals surface area contributed by atoms with Gasteiger partial charge < -0.3 is 10.1 Å². The second-order valence-electron chi connectivity index (χ2n) is 4.77. The third-order valence-electron chi connectivity index (χ3n) is 2.82. The van der Waals surface area contributed by atoms with E-state index in [9.17, 15) is 9.59 Å². The van der Waals surface area contributed by atoms with E-state index in [1.165, 1.54) is 11.8 Å². The number of rotatable bonds is 5. The van der Waals surface area contributed by atoms with Gasteiger partial charge in [-0.25, -0.2) is 4.79 Å². The third-order valence-corrected chi connectivity index (χ3v) is 2.82. The third kappa shape index (κ3) is 5.29. The number of nitrogens with one attached hydrogen (secondary N) is 2. The molecule has 116 valence electrons. The molecule has 0 aliphatic rings. The van der Waals surface area contributed by atoms with Crippen molar-refractivity contribution >= 4 is 17.7 Å². The minimum Gasteiger partial charge on any atom is -0.450 e. The van der Waals surface area contributed by atoms with Crippen molar-refractivity contribution in [1.29, 1.82) is 5.26 Å². The Balaban J connectivity index is 2.71. The number of benzene rings is 1. The molecule has 0 bridgehead atoms. The molecule has 0 aliphatic carbocycles. The lowest BCUT2D eigenvalue weighted by Gasteiger charge is -2.07. The average molecular weight is 301 g/mol. The number of hydrogen-bond acceptors (Lipinski definition) is 5. The number of amides is 2. The van der Waals surface area contributed by atoms with Gasteiger partial charge in [-0.15, -0.1) is 0 Å². The molecule has 0 radical (unpaired) electrons. The first-order chi connectivity index (χ1) is 10.5. The van der Waals surface area contributed by atoms with Gasteiger partial charge in [-0.2, -0.15) is 5.26 Å². The van der Waals surface area contributed by atoms with E-state index in [1.54, 1.807) is 13.0 Å². The summed E-state index contributed by atoms with van der Waals surface area (Å²) in [7, 11) is 0. The Bertz CT molecular complexity index is 598. The van der Waals surface area contributed by atoms with Gasteiger partial charge in [0, 0.05) is 11.9 Å². The predicted molar refractivity (Wildman–Crippen MR) is 83.0 cm³/mol. The van der Waals surface area contributed by atoms with Crippen LogP contribution in [0.5, 0.6) is 0 Å². The number of alkyl carbamates (subject to hydrolysis) is 1. The zero-order valence-corrected chi connectivity index (χ0v) is 12.8. The highest BCUT2D eigenvalue weighted by molar-refractivity contribution is 6.05. The zero-order chi connectivity index (χ0) is 16.5. The number of anilines is 1. The van der Waals surface area contributed by atoms with Crippen molar-refractivity contribution < 1.29 is 14.3 Å². The molecule has 2 N–H and O–H groups in total. The lowest BCUT2D eigenvalue weighted by atomic mass is 10.0. The molecule has 0 saturated heterocycles. The summed E-state index contributed by atoms with van der Waals surface area (Å²) in [6.45, 7) is 5.95. The van der Waals surface area contributed by atoms with E-state index in [2.05, 4.69) is 23.9 Å². The SMILES string of the molecule is CCOC(=O)NC(=O)C(C#N)=CNc1ccc(C(C)C)cc1. The molecular formula is C16H19N3O3. The second-order valence-corrected chi connectivity index (χ2v) is 4.77. The molecule has 0 fully saturated rings. The summed E-state index contributed by atoms with van der Waals surface area (Å²) in [5.41, 5.74) is 1.71. The van der Waals surface area contributed by atoms with Crippen LogP contribution in [0.15, 0.2) is 36.0 Å². The summed E-state index contributed by atoms with van der Waals surface area (Å²) in [6.07, 6.45) is 0.369. The van der Waals surface area contributed by atoms with E-state index in [0.29, 0.717) is 5.92 Å². The zero-order valence-electron chi connectivity index (χ0n) is 12.8. The molecule has 22 heavy (non-hydrogen) atoms. The fourth-order valence-electron chi connectivity index (χ4n) is 1.60. The fourth-order valence-corrected chi connectivity index (χ4v) is 1.60. The van der Waals surface area contributed by atoms with E-state index in [1.807, 2.05) is 29.6 Å². The standard InChI is InChI=1S/C16H19N3O3/c1-4-22-16(21)19-15(20)13(9-17)10-18-14-7-5-12(6-8-14)11(2)3/h5-8,10-11,18H,4H2,1-3H3,(H,19,20,21). The van der Waals surface area contributed by atoms with Crippen LogP contribution in [0, 0.1) is 11.3 Å². The van der Waals surface area contributed by atoms with Gasteiger partial charge in [-0.3, -0.25) is 10.1 Å². The fraction of sp³-hybridized carbons (Fsp3) is 0.312. The maximum atomic E-state index is 11.7. The van der Waals surface area contributed by atoms with Crippen LogP contribution in [-0.2, 0) is 9.53 Å². The van der Waals surface area contributed by atoms with Gasteiger partial charge in [0.05, 0.1) is 6.61 Å². The molecule has 1 aromatic carbocycles. The molecular weight excluding hydrogens is 282 g/mol. The van der Waals surface area contributed by atoms with Crippen LogP contribution in [0.3, 0.4) is 0 Å². The van der Waals surface area contributed by atoms with Crippen molar-refractivity contribution in [2.45, 2.75) is 26.7 Å². The van der Waals surface area contributed by atoms with E-state index in [-0.39, 0.29) is 12.2 Å². The highest BCUT2D eigenvalue weighted by Crippen LogP contribution is 2.17. The van der Waals surface area contributed by atoms with Gasteiger partial charge in [0.25, 0.3) is 5.91 Å². The smallest absolute Gasteiger partial charge is 0.414 e.